The van der Waals surface area contributed by atoms with Crippen LogP contribution in [0.4, 0.5) is 24.7 Å². The minimum Gasteiger partial charge on any atom is -0.475 e. The number of carboxylic acid groups (broad SMARTS) is 1. The molecule has 43 heavy (non-hydrogen) atoms. The molecule has 1 aromatic carbocycles. The number of halogens is 4. The van der Waals surface area contributed by atoms with Crippen LogP contribution in [0.5, 0.6) is 0 Å². The van der Waals surface area contributed by atoms with E-state index in [4.69, 9.17) is 27.2 Å². The Morgan fingerprint density at radius 1 is 1.33 bits per heavy atom. The van der Waals surface area contributed by atoms with Crippen LogP contribution in [0.1, 0.15) is 41.7 Å². The number of hydrogen-bond donors (Lipinski definition) is 5. The fourth-order valence-electron chi connectivity index (χ4n) is 4.79. The van der Waals surface area contributed by atoms with Crippen molar-refractivity contribution < 1.29 is 36.3 Å². The predicted molar refractivity (Wildman–Crippen MR) is 151 cm³/mol. The van der Waals surface area contributed by atoms with Crippen molar-refractivity contribution in [2.45, 2.75) is 38.0 Å². The molecule has 4 aromatic rings. The van der Waals surface area contributed by atoms with Gasteiger partial charge in [-0.05, 0) is 31.9 Å². The van der Waals surface area contributed by atoms with Gasteiger partial charge in [0.1, 0.15) is 5.56 Å². The molecular formula is C24H27ClF3N9O5S. The van der Waals surface area contributed by atoms with Crippen LogP contribution in [0, 0.1) is 0 Å². The van der Waals surface area contributed by atoms with Crippen molar-refractivity contribution in [3.8, 4) is 0 Å². The molecule has 1 aliphatic heterocycles. The molecule has 0 aliphatic carbocycles. The number of carboxylic acids is 1. The van der Waals surface area contributed by atoms with E-state index in [1.807, 2.05) is 13.0 Å². The molecule has 4 heterocycles. The number of carbonyl (C=O) groups is 2. The second-order valence-electron chi connectivity index (χ2n) is 9.78. The number of amides is 1. The first-order chi connectivity index (χ1) is 20.1. The van der Waals surface area contributed by atoms with Gasteiger partial charge < -0.3 is 21.1 Å². The molecule has 0 spiro atoms. The predicted octanol–water partition coefficient (Wildman–Crippen LogP) is 2.48. The summed E-state index contributed by atoms with van der Waals surface area (Å²) in [5, 5.41) is 22.7. The summed E-state index contributed by atoms with van der Waals surface area (Å²) < 4.78 is 59.6. The molecule has 19 heteroatoms. The van der Waals surface area contributed by atoms with E-state index in [0.717, 1.165) is 41.3 Å². The summed E-state index contributed by atoms with van der Waals surface area (Å²) in [5.41, 5.74) is 8.86. The van der Waals surface area contributed by atoms with Crippen LogP contribution in [0.3, 0.4) is 0 Å². The first-order valence-electron chi connectivity index (χ1n) is 12.6. The van der Waals surface area contributed by atoms with Gasteiger partial charge in [0, 0.05) is 42.5 Å². The van der Waals surface area contributed by atoms with Gasteiger partial charge in [0.2, 0.25) is 10.0 Å². The number of aromatic amines is 1. The molecule has 232 valence electrons. The fraction of sp³-hybridized carbons (Fsp3) is 0.375. The average Bonchev–Trinajstić information content (AvgIpc) is 3.52. The lowest BCUT2D eigenvalue weighted by molar-refractivity contribution is -0.192. The smallest absolute Gasteiger partial charge is 0.475 e. The summed E-state index contributed by atoms with van der Waals surface area (Å²) in [4.78, 5) is 28.5. The highest BCUT2D eigenvalue weighted by Crippen LogP contribution is 2.39. The maximum Gasteiger partial charge on any atom is 0.490 e. The number of nitrogens with two attached hydrogens (primary N) is 1. The van der Waals surface area contributed by atoms with E-state index >= 15 is 0 Å². The number of aliphatic carboxylic acids is 1. The zero-order chi connectivity index (χ0) is 31.7. The van der Waals surface area contributed by atoms with Gasteiger partial charge in [0.15, 0.2) is 11.5 Å². The van der Waals surface area contributed by atoms with Gasteiger partial charge in [0.25, 0.3) is 5.91 Å². The number of nitrogens with zero attached hydrogens (tertiary/aromatic N) is 5. The molecular weight excluding hydrogens is 619 g/mol. The Bertz CT molecular complexity index is 1780. The van der Waals surface area contributed by atoms with E-state index in [-0.39, 0.29) is 17.4 Å². The summed E-state index contributed by atoms with van der Waals surface area (Å²) in [6.07, 6.45) is 2.47. The molecule has 0 saturated carbocycles. The lowest BCUT2D eigenvalue weighted by Gasteiger charge is -2.36. The first-order valence-corrected chi connectivity index (χ1v) is 14.9. The van der Waals surface area contributed by atoms with Gasteiger partial charge in [0.05, 0.1) is 34.7 Å². The maximum absolute atomic E-state index is 13.3. The van der Waals surface area contributed by atoms with Crippen LogP contribution < -0.4 is 20.7 Å². The van der Waals surface area contributed by atoms with Gasteiger partial charge in [-0.1, -0.05) is 11.6 Å². The minimum absolute atomic E-state index is 0.0754. The number of fused-ring (bicyclic) bond motifs is 2. The topological polar surface area (TPSA) is 201 Å². The second kappa shape index (κ2) is 12.2. The zero-order valence-corrected chi connectivity index (χ0v) is 24.3. The van der Waals surface area contributed by atoms with E-state index in [1.54, 1.807) is 24.7 Å². The van der Waals surface area contributed by atoms with E-state index in [9.17, 15) is 26.4 Å². The van der Waals surface area contributed by atoms with Crippen LogP contribution in [0.15, 0.2) is 30.7 Å². The van der Waals surface area contributed by atoms with Crippen molar-refractivity contribution >= 4 is 61.6 Å². The standard InChI is InChI=1S/C22H26ClN9O3S.C2HF3O2/c1-12(27-22(33)17-20(24)29-32-8-4-6-25-21(17)32)14-9-16(23)15-10-26-28-18(15)19(14)31-7-3-5-13(11-31)30-36(2,34)35;3-2(4,5)1(6)7/h4,6,8-10,12-13,30H,3,5,7,11H2,1-2H3,(H2,24,29)(H,26,28)(H,27,33);(H,6,7)/t12?,13-;/m0./s1. The Labute approximate surface area is 247 Å². The maximum atomic E-state index is 13.3. The van der Waals surface area contributed by atoms with Gasteiger partial charge in [-0.25, -0.2) is 27.4 Å². The molecule has 1 fully saturated rings. The second-order valence-corrected chi connectivity index (χ2v) is 12.0. The number of benzene rings is 1. The lowest BCUT2D eigenvalue weighted by atomic mass is 9.99. The van der Waals surface area contributed by atoms with Crippen molar-refractivity contribution in [1.29, 1.82) is 0 Å². The monoisotopic (exact) mass is 645 g/mol. The van der Waals surface area contributed by atoms with Gasteiger partial charge in [-0.3, -0.25) is 9.89 Å². The van der Waals surface area contributed by atoms with Gasteiger partial charge >= 0.3 is 12.1 Å². The van der Waals surface area contributed by atoms with Crippen LogP contribution in [-0.4, -0.2) is 81.8 Å². The average molecular weight is 646 g/mol. The van der Waals surface area contributed by atoms with Crippen molar-refractivity contribution in [3.05, 3.63) is 46.9 Å². The number of anilines is 2. The Balaban J connectivity index is 0.000000541. The number of nitrogens with one attached hydrogen (secondary N) is 3. The van der Waals surface area contributed by atoms with Crippen molar-refractivity contribution in [2.75, 3.05) is 30.0 Å². The number of aromatic nitrogens is 5. The van der Waals surface area contributed by atoms with E-state index in [0.29, 0.717) is 23.8 Å². The molecule has 5 rings (SSSR count). The molecule has 1 aliphatic rings. The largest absolute Gasteiger partial charge is 0.490 e. The van der Waals surface area contributed by atoms with E-state index in [1.165, 1.54) is 4.52 Å². The molecule has 14 nitrogen and oxygen atoms in total. The minimum atomic E-state index is -5.08. The van der Waals surface area contributed by atoms with Crippen molar-refractivity contribution in [1.82, 2.24) is 34.8 Å². The van der Waals surface area contributed by atoms with Crippen molar-refractivity contribution in [3.63, 3.8) is 0 Å². The highest BCUT2D eigenvalue weighted by atomic mass is 35.5. The number of H-pyrrole nitrogens is 1. The molecule has 1 unspecified atom stereocenters. The van der Waals surface area contributed by atoms with Crippen LogP contribution in [-0.2, 0) is 14.8 Å². The molecule has 6 N–H and O–H groups in total. The van der Waals surface area contributed by atoms with Gasteiger partial charge in [-0.2, -0.15) is 18.3 Å². The number of sulfonamides is 1. The number of hydrogen-bond acceptors (Lipinski definition) is 9. The third kappa shape index (κ3) is 7.26. The van der Waals surface area contributed by atoms with Crippen molar-refractivity contribution in [2.24, 2.45) is 0 Å². The molecule has 2 atom stereocenters. The van der Waals surface area contributed by atoms with Crippen LogP contribution in [0.25, 0.3) is 16.6 Å². The molecule has 3 aromatic heterocycles. The summed E-state index contributed by atoms with van der Waals surface area (Å²) in [6.45, 7) is 3.01. The molecule has 0 radical (unpaired) electrons. The SMILES string of the molecule is CC(NC(=O)c1c(N)nn2cccnc12)c1cc(Cl)c2cn[nH]c2c1N1CCC[C@H](NS(C)(=O)=O)C1.O=C(O)C(F)(F)F. The molecule has 1 saturated heterocycles. The Hall–Kier alpha value is -4.16. The number of rotatable bonds is 6. The van der Waals surface area contributed by atoms with Crippen LogP contribution >= 0.6 is 11.6 Å². The lowest BCUT2D eigenvalue weighted by Crippen LogP contribution is -2.48. The number of alkyl halides is 3. The number of nitrogen functional groups attached to an aromatic ring is 1. The quantitative estimate of drug-likeness (QED) is 0.207. The number of carbonyl (C=O) groups excluding carboxylic acids is 1. The summed E-state index contributed by atoms with van der Waals surface area (Å²) in [6, 6.07) is 2.77. The molecule has 0 bridgehead atoms. The Morgan fingerprint density at radius 2 is 2.02 bits per heavy atom. The fourth-order valence-corrected chi connectivity index (χ4v) is 5.85. The van der Waals surface area contributed by atoms with Gasteiger partial charge in [-0.15, -0.1) is 5.10 Å². The third-order valence-electron chi connectivity index (χ3n) is 6.51. The normalized spacial score (nSPS) is 16.5. The first kappa shape index (κ1) is 31.8. The summed E-state index contributed by atoms with van der Waals surface area (Å²) >= 11 is 6.59. The molecule has 1 amide bonds. The summed E-state index contributed by atoms with van der Waals surface area (Å²) in [5.74, 6) is -3.10. The highest BCUT2D eigenvalue weighted by Gasteiger charge is 2.38. The van der Waals surface area contributed by atoms with E-state index < -0.39 is 34.1 Å². The van der Waals surface area contributed by atoms with Crippen LogP contribution in [0.2, 0.25) is 5.02 Å². The summed E-state index contributed by atoms with van der Waals surface area (Å²) in [7, 11) is -3.36. The Kier molecular flexibility index (Phi) is 9.02. The third-order valence-corrected chi connectivity index (χ3v) is 7.59. The van der Waals surface area contributed by atoms with E-state index in [2.05, 4.69) is 35.2 Å². The zero-order valence-electron chi connectivity index (χ0n) is 22.7. The number of piperidine rings is 1. The Morgan fingerprint density at radius 3 is 2.67 bits per heavy atom. The highest BCUT2D eigenvalue weighted by molar-refractivity contribution is 7.88.